The number of carbonyl (C=O) groups excluding carboxylic acids is 3. The van der Waals surface area contributed by atoms with E-state index < -0.39 is 0 Å². The van der Waals surface area contributed by atoms with E-state index in [0.717, 1.165) is 37.2 Å². The van der Waals surface area contributed by atoms with Crippen molar-refractivity contribution in [2.24, 2.45) is 10.2 Å². The Morgan fingerprint density at radius 3 is 1.80 bits per heavy atom. The maximum atomic E-state index is 11.9. The van der Waals surface area contributed by atoms with Crippen LogP contribution >= 0.6 is 0 Å². The molecule has 0 saturated carbocycles. The fraction of sp³-hybridized carbons (Fsp3) is 0.469. The van der Waals surface area contributed by atoms with E-state index in [1.165, 1.54) is 43.4 Å². The topological polar surface area (TPSA) is 91.6 Å². The first-order valence-corrected chi connectivity index (χ1v) is 14.4. The molecule has 1 heterocycles. The van der Waals surface area contributed by atoms with Crippen LogP contribution < -0.4 is 9.80 Å². The summed E-state index contributed by atoms with van der Waals surface area (Å²) in [5.74, 6) is -0.614. The molecule has 0 spiro atoms. The molecule has 0 N–H and O–H groups in total. The van der Waals surface area contributed by atoms with Gasteiger partial charge < -0.3 is 9.64 Å². The molecule has 0 atom stereocenters. The molecule has 3 rings (SSSR count). The van der Waals surface area contributed by atoms with Gasteiger partial charge in [-0.3, -0.25) is 14.5 Å². The van der Waals surface area contributed by atoms with Crippen LogP contribution in [0.25, 0.3) is 0 Å². The number of benzene rings is 2. The SMILES string of the molecule is C=C(C)C(=O)OCCCCCCCCCCCN(C)c1ccc(N=Nc2ccc(N3C(=O)CCC3=O)cc2)cc1. The lowest BCUT2D eigenvalue weighted by molar-refractivity contribution is -0.139. The van der Waals surface area contributed by atoms with Gasteiger partial charge in [0.15, 0.2) is 0 Å². The molecule has 2 aromatic carbocycles. The Hall–Kier alpha value is -3.81. The summed E-state index contributed by atoms with van der Waals surface area (Å²) in [6, 6.07) is 15.0. The van der Waals surface area contributed by atoms with Crippen LogP contribution in [0.5, 0.6) is 0 Å². The number of amides is 2. The quantitative estimate of drug-likeness (QED) is 0.0663. The number of hydrogen-bond acceptors (Lipinski definition) is 7. The zero-order valence-corrected chi connectivity index (χ0v) is 23.9. The highest BCUT2D eigenvalue weighted by molar-refractivity contribution is 6.19. The number of imide groups is 1. The summed E-state index contributed by atoms with van der Waals surface area (Å²) >= 11 is 0. The van der Waals surface area contributed by atoms with Gasteiger partial charge in [0.05, 0.1) is 23.7 Å². The van der Waals surface area contributed by atoms with Crippen molar-refractivity contribution in [1.29, 1.82) is 0 Å². The van der Waals surface area contributed by atoms with Crippen LogP contribution in [-0.2, 0) is 19.1 Å². The standard InChI is InChI=1S/C32H42N4O4/c1-25(2)32(39)40-24-12-10-8-6-4-5-7-9-11-23-35(3)28-17-13-26(14-18-28)33-34-27-15-19-29(20-16-27)36-30(37)21-22-31(36)38/h13-20H,1,4-12,21-24H2,2-3H3. The average Bonchev–Trinajstić information content (AvgIpc) is 3.30. The molecule has 40 heavy (non-hydrogen) atoms. The van der Waals surface area contributed by atoms with E-state index in [-0.39, 0.29) is 30.6 Å². The fourth-order valence-electron chi connectivity index (χ4n) is 4.53. The predicted octanol–water partition coefficient (Wildman–Crippen LogP) is 7.82. The predicted molar refractivity (Wildman–Crippen MR) is 159 cm³/mol. The molecule has 2 amide bonds. The van der Waals surface area contributed by atoms with Gasteiger partial charge in [0.2, 0.25) is 11.8 Å². The lowest BCUT2D eigenvalue weighted by Gasteiger charge is -2.19. The summed E-state index contributed by atoms with van der Waals surface area (Å²) in [6.45, 7) is 6.76. The molecule has 1 aliphatic rings. The normalized spacial score (nSPS) is 13.3. The lowest BCUT2D eigenvalue weighted by Crippen LogP contribution is -2.28. The molecule has 0 aliphatic carbocycles. The minimum Gasteiger partial charge on any atom is -0.462 e. The van der Waals surface area contributed by atoms with Gasteiger partial charge in [-0.2, -0.15) is 10.2 Å². The van der Waals surface area contributed by atoms with E-state index in [9.17, 15) is 14.4 Å². The second-order valence-corrected chi connectivity index (χ2v) is 10.4. The molecular formula is C32H42N4O4. The van der Waals surface area contributed by atoms with Crippen molar-refractivity contribution in [3.05, 3.63) is 60.7 Å². The summed E-state index contributed by atoms with van der Waals surface area (Å²) in [4.78, 5) is 38.6. The Balaban J connectivity index is 1.26. The summed E-state index contributed by atoms with van der Waals surface area (Å²) < 4.78 is 5.11. The van der Waals surface area contributed by atoms with Crippen LogP contribution in [0, 0.1) is 0 Å². The maximum absolute atomic E-state index is 11.9. The summed E-state index contributed by atoms with van der Waals surface area (Å²) in [5, 5.41) is 8.60. The Bertz CT molecular complexity index is 1140. The summed E-state index contributed by atoms with van der Waals surface area (Å²) in [7, 11) is 2.11. The van der Waals surface area contributed by atoms with Crippen molar-refractivity contribution in [3.63, 3.8) is 0 Å². The second kappa shape index (κ2) is 16.3. The highest BCUT2D eigenvalue weighted by Gasteiger charge is 2.30. The van der Waals surface area contributed by atoms with Gasteiger partial charge in [0.1, 0.15) is 0 Å². The first-order valence-electron chi connectivity index (χ1n) is 14.4. The van der Waals surface area contributed by atoms with Crippen LogP contribution in [0.4, 0.5) is 22.7 Å². The summed E-state index contributed by atoms with van der Waals surface area (Å²) in [5.41, 5.74) is 3.61. The minimum atomic E-state index is -0.289. The first-order chi connectivity index (χ1) is 19.3. The van der Waals surface area contributed by atoms with Crippen LogP contribution in [-0.4, -0.2) is 38.0 Å². The zero-order chi connectivity index (χ0) is 28.7. The molecular weight excluding hydrogens is 504 g/mol. The number of azo groups is 1. The third-order valence-electron chi connectivity index (χ3n) is 6.95. The van der Waals surface area contributed by atoms with Gasteiger partial charge >= 0.3 is 5.97 Å². The highest BCUT2D eigenvalue weighted by atomic mass is 16.5. The number of anilines is 2. The number of esters is 1. The largest absolute Gasteiger partial charge is 0.462 e. The van der Waals surface area contributed by atoms with Crippen molar-refractivity contribution in [1.82, 2.24) is 0 Å². The zero-order valence-electron chi connectivity index (χ0n) is 23.9. The van der Waals surface area contributed by atoms with Gasteiger partial charge in [-0.15, -0.1) is 0 Å². The average molecular weight is 547 g/mol. The number of unbranched alkanes of at least 4 members (excludes halogenated alkanes) is 8. The van der Waals surface area contributed by atoms with E-state index in [2.05, 4.69) is 40.9 Å². The van der Waals surface area contributed by atoms with E-state index in [4.69, 9.17) is 4.74 Å². The van der Waals surface area contributed by atoms with Gasteiger partial charge in [-0.25, -0.2) is 4.79 Å². The van der Waals surface area contributed by atoms with Crippen LogP contribution in [0.1, 0.15) is 77.6 Å². The molecule has 8 nitrogen and oxygen atoms in total. The fourth-order valence-corrected chi connectivity index (χ4v) is 4.53. The van der Waals surface area contributed by atoms with Crippen LogP contribution in [0.2, 0.25) is 0 Å². The number of hydrogen-bond donors (Lipinski definition) is 0. The molecule has 1 saturated heterocycles. The van der Waals surface area contributed by atoms with Gasteiger partial charge in [0.25, 0.3) is 0 Å². The third kappa shape index (κ3) is 10.1. The van der Waals surface area contributed by atoms with E-state index in [0.29, 0.717) is 23.6 Å². The third-order valence-corrected chi connectivity index (χ3v) is 6.95. The minimum absolute atomic E-state index is 0.162. The molecule has 0 radical (unpaired) electrons. The van der Waals surface area contributed by atoms with Gasteiger partial charge in [0, 0.05) is 37.7 Å². The van der Waals surface area contributed by atoms with Crippen molar-refractivity contribution in [3.8, 4) is 0 Å². The van der Waals surface area contributed by atoms with Gasteiger partial charge in [-0.05, 0) is 68.3 Å². The highest BCUT2D eigenvalue weighted by Crippen LogP contribution is 2.27. The molecule has 0 unspecified atom stereocenters. The van der Waals surface area contributed by atoms with Crippen molar-refractivity contribution in [2.45, 2.75) is 77.6 Å². The van der Waals surface area contributed by atoms with Crippen molar-refractivity contribution in [2.75, 3.05) is 30.0 Å². The number of nitrogens with zero attached hydrogens (tertiary/aromatic N) is 4. The van der Waals surface area contributed by atoms with Gasteiger partial charge in [-0.1, -0.05) is 51.5 Å². The smallest absolute Gasteiger partial charge is 0.333 e. The van der Waals surface area contributed by atoms with E-state index in [1.807, 2.05) is 12.1 Å². The monoisotopic (exact) mass is 546 g/mol. The Kier molecular flexibility index (Phi) is 12.5. The molecule has 8 heteroatoms. The Morgan fingerprint density at radius 1 is 0.800 bits per heavy atom. The second-order valence-electron chi connectivity index (χ2n) is 10.4. The molecule has 0 bridgehead atoms. The Morgan fingerprint density at radius 2 is 1.27 bits per heavy atom. The van der Waals surface area contributed by atoms with E-state index in [1.54, 1.807) is 31.2 Å². The number of ether oxygens (including phenoxy) is 1. The Labute approximate surface area is 238 Å². The summed E-state index contributed by atoms with van der Waals surface area (Å²) in [6.07, 6.45) is 11.2. The lowest BCUT2D eigenvalue weighted by atomic mass is 10.1. The number of carbonyl (C=O) groups is 3. The molecule has 214 valence electrons. The molecule has 1 fully saturated rings. The van der Waals surface area contributed by atoms with Crippen molar-refractivity contribution < 1.29 is 19.1 Å². The molecule has 0 aromatic heterocycles. The van der Waals surface area contributed by atoms with Crippen LogP contribution in [0.15, 0.2) is 70.9 Å². The van der Waals surface area contributed by atoms with Crippen LogP contribution in [0.3, 0.4) is 0 Å². The molecule has 1 aliphatic heterocycles. The first kappa shape index (κ1) is 30.7. The van der Waals surface area contributed by atoms with E-state index >= 15 is 0 Å². The maximum Gasteiger partial charge on any atom is 0.333 e. The molecule has 2 aromatic rings. The number of rotatable bonds is 17. The van der Waals surface area contributed by atoms with Crippen molar-refractivity contribution >= 4 is 40.5 Å².